The van der Waals surface area contributed by atoms with Crippen LogP contribution in [0.25, 0.3) is 11.3 Å². The minimum atomic E-state index is 0.252. The minimum absolute atomic E-state index is 0.252. The lowest BCUT2D eigenvalue weighted by Crippen LogP contribution is -1.83. The summed E-state index contributed by atoms with van der Waals surface area (Å²) in [6.45, 7) is 0. The summed E-state index contributed by atoms with van der Waals surface area (Å²) in [5.74, 6) is 0.647. The molecule has 0 saturated heterocycles. The van der Waals surface area contributed by atoms with Gasteiger partial charge in [-0.3, -0.25) is 0 Å². The minimum Gasteiger partial charge on any atom is -0.454 e. The molecule has 0 atom stereocenters. The second kappa shape index (κ2) is 3.41. The summed E-state index contributed by atoms with van der Waals surface area (Å²) in [5, 5.41) is 0. The fourth-order valence-electron chi connectivity index (χ4n) is 1.18. The van der Waals surface area contributed by atoms with Crippen molar-refractivity contribution in [3.05, 3.63) is 30.5 Å². The molecule has 2 N–H and O–H groups in total. The SMILES string of the molecule is COc1ncc(-c2cccc(N)c2)o1. The third kappa shape index (κ3) is 1.54. The van der Waals surface area contributed by atoms with Crippen LogP contribution in [0, 0.1) is 0 Å². The molecule has 2 rings (SSSR count). The van der Waals surface area contributed by atoms with Crippen molar-refractivity contribution in [1.82, 2.24) is 4.98 Å². The standard InChI is InChI=1S/C10H10N2O2/c1-13-10-12-6-9(14-10)7-3-2-4-8(11)5-7/h2-6H,11H2,1H3. The number of ether oxygens (including phenoxy) is 1. The molecule has 1 aromatic carbocycles. The molecule has 0 aliphatic heterocycles. The van der Waals surface area contributed by atoms with E-state index in [9.17, 15) is 0 Å². The van der Waals surface area contributed by atoms with Gasteiger partial charge in [0.05, 0.1) is 13.3 Å². The molecular weight excluding hydrogens is 180 g/mol. The van der Waals surface area contributed by atoms with Crippen LogP contribution >= 0.6 is 0 Å². The zero-order valence-electron chi connectivity index (χ0n) is 7.73. The summed E-state index contributed by atoms with van der Waals surface area (Å²) in [4.78, 5) is 3.91. The van der Waals surface area contributed by atoms with Crippen LogP contribution in [-0.2, 0) is 0 Å². The predicted molar refractivity (Wildman–Crippen MR) is 52.9 cm³/mol. The Morgan fingerprint density at radius 3 is 2.93 bits per heavy atom. The van der Waals surface area contributed by atoms with Gasteiger partial charge in [0.1, 0.15) is 0 Å². The molecule has 0 radical (unpaired) electrons. The van der Waals surface area contributed by atoms with Gasteiger partial charge in [-0.05, 0) is 12.1 Å². The first kappa shape index (κ1) is 8.62. The van der Waals surface area contributed by atoms with Crippen LogP contribution in [0.1, 0.15) is 0 Å². The van der Waals surface area contributed by atoms with Gasteiger partial charge < -0.3 is 14.9 Å². The van der Waals surface area contributed by atoms with Crippen LogP contribution in [0.2, 0.25) is 0 Å². The van der Waals surface area contributed by atoms with Crippen molar-refractivity contribution >= 4 is 5.69 Å². The van der Waals surface area contributed by atoms with Crippen molar-refractivity contribution in [3.8, 4) is 17.4 Å². The van der Waals surface area contributed by atoms with E-state index in [4.69, 9.17) is 14.9 Å². The van der Waals surface area contributed by atoms with Crippen LogP contribution in [0.3, 0.4) is 0 Å². The zero-order chi connectivity index (χ0) is 9.97. The van der Waals surface area contributed by atoms with Crippen molar-refractivity contribution in [3.63, 3.8) is 0 Å². The van der Waals surface area contributed by atoms with Crippen molar-refractivity contribution in [1.29, 1.82) is 0 Å². The number of hydrogen-bond acceptors (Lipinski definition) is 4. The number of nitrogens with two attached hydrogens (primary N) is 1. The highest BCUT2D eigenvalue weighted by atomic mass is 16.6. The quantitative estimate of drug-likeness (QED) is 0.735. The average Bonchev–Trinajstić information content (AvgIpc) is 2.66. The summed E-state index contributed by atoms with van der Waals surface area (Å²) in [5.41, 5.74) is 7.22. The predicted octanol–water partition coefficient (Wildman–Crippen LogP) is 1.93. The Kier molecular flexibility index (Phi) is 2.10. The molecule has 14 heavy (non-hydrogen) atoms. The van der Waals surface area contributed by atoms with Crippen molar-refractivity contribution < 1.29 is 9.15 Å². The summed E-state index contributed by atoms with van der Waals surface area (Å²) >= 11 is 0. The number of aromatic nitrogens is 1. The van der Waals surface area contributed by atoms with Crippen molar-refractivity contribution in [2.24, 2.45) is 0 Å². The normalized spacial score (nSPS) is 10.1. The molecule has 0 aliphatic carbocycles. The van der Waals surface area contributed by atoms with Crippen molar-refractivity contribution in [2.45, 2.75) is 0 Å². The van der Waals surface area contributed by atoms with Crippen LogP contribution in [0.15, 0.2) is 34.9 Å². The van der Waals surface area contributed by atoms with Gasteiger partial charge in [-0.25, -0.2) is 0 Å². The molecule has 0 bridgehead atoms. The zero-order valence-corrected chi connectivity index (χ0v) is 7.73. The second-order valence-corrected chi connectivity index (χ2v) is 2.82. The highest BCUT2D eigenvalue weighted by Gasteiger charge is 2.05. The number of nitrogens with zero attached hydrogens (tertiary/aromatic N) is 1. The lowest BCUT2D eigenvalue weighted by molar-refractivity contribution is 0.293. The number of rotatable bonds is 2. The Morgan fingerprint density at radius 1 is 1.43 bits per heavy atom. The number of anilines is 1. The summed E-state index contributed by atoms with van der Waals surface area (Å²) in [7, 11) is 1.51. The molecule has 0 spiro atoms. The van der Waals surface area contributed by atoms with Crippen LogP contribution < -0.4 is 10.5 Å². The van der Waals surface area contributed by atoms with E-state index in [-0.39, 0.29) is 6.08 Å². The largest absolute Gasteiger partial charge is 0.454 e. The molecule has 4 nitrogen and oxygen atoms in total. The fraction of sp³-hybridized carbons (Fsp3) is 0.100. The Labute approximate surface area is 81.3 Å². The monoisotopic (exact) mass is 190 g/mol. The third-order valence-electron chi connectivity index (χ3n) is 1.83. The number of oxazole rings is 1. The Balaban J connectivity index is 2.39. The van der Waals surface area contributed by atoms with E-state index in [0.29, 0.717) is 11.4 Å². The number of hydrogen-bond donors (Lipinski definition) is 1. The molecule has 2 aromatic rings. The number of methoxy groups -OCH3 is 1. The van der Waals surface area contributed by atoms with Gasteiger partial charge in [0.25, 0.3) is 0 Å². The fourth-order valence-corrected chi connectivity index (χ4v) is 1.18. The topological polar surface area (TPSA) is 61.3 Å². The molecular formula is C10H10N2O2. The molecule has 0 saturated carbocycles. The first-order valence-corrected chi connectivity index (χ1v) is 4.15. The Bertz CT molecular complexity index is 437. The first-order valence-electron chi connectivity index (χ1n) is 4.15. The highest BCUT2D eigenvalue weighted by molar-refractivity contribution is 5.61. The van der Waals surface area contributed by atoms with Crippen LogP contribution in [0.4, 0.5) is 5.69 Å². The van der Waals surface area contributed by atoms with Gasteiger partial charge in [-0.2, -0.15) is 4.98 Å². The van der Waals surface area contributed by atoms with E-state index < -0.39 is 0 Å². The average molecular weight is 190 g/mol. The van der Waals surface area contributed by atoms with E-state index in [1.807, 2.05) is 24.3 Å². The first-order chi connectivity index (χ1) is 6.79. The smallest absolute Gasteiger partial charge is 0.393 e. The maximum atomic E-state index is 5.64. The molecule has 0 amide bonds. The lowest BCUT2D eigenvalue weighted by atomic mass is 10.2. The molecule has 1 aromatic heterocycles. The summed E-state index contributed by atoms with van der Waals surface area (Å²) in [6.07, 6.45) is 1.86. The van der Waals surface area contributed by atoms with E-state index in [1.165, 1.54) is 7.11 Å². The molecule has 0 unspecified atom stereocenters. The van der Waals surface area contributed by atoms with E-state index >= 15 is 0 Å². The lowest BCUT2D eigenvalue weighted by Gasteiger charge is -1.96. The highest BCUT2D eigenvalue weighted by Crippen LogP contribution is 2.24. The van der Waals surface area contributed by atoms with Gasteiger partial charge in [-0.15, -0.1) is 0 Å². The van der Waals surface area contributed by atoms with Gasteiger partial charge >= 0.3 is 6.08 Å². The molecule has 0 aliphatic rings. The van der Waals surface area contributed by atoms with Crippen LogP contribution in [-0.4, -0.2) is 12.1 Å². The Morgan fingerprint density at radius 2 is 2.29 bits per heavy atom. The van der Waals surface area contributed by atoms with Gasteiger partial charge in [0.15, 0.2) is 5.76 Å². The molecule has 4 heteroatoms. The number of benzene rings is 1. The molecule has 1 heterocycles. The van der Waals surface area contributed by atoms with Gasteiger partial charge in [0.2, 0.25) is 0 Å². The van der Waals surface area contributed by atoms with E-state index in [2.05, 4.69) is 4.98 Å². The summed E-state index contributed by atoms with van der Waals surface area (Å²) in [6, 6.07) is 7.40. The third-order valence-corrected chi connectivity index (χ3v) is 1.83. The maximum absolute atomic E-state index is 5.64. The van der Waals surface area contributed by atoms with Gasteiger partial charge in [-0.1, -0.05) is 12.1 Å². The molecule has 0 fully saturated rings. The summed E-state index contributed by atoms with van der Waals surface area (Å²) < 4.78 is 10.1. The second-order valence-electron chi connectivity index (χ2n) is 2.82. The maximum Gasteiger partial charge on any atom is 0.393 e. The molecule has 72 valence electrons. The van der Waals surface area contributed by atoms with E-state index in [1.54, 1.807) is 6.20 Å². The van der Waals surface area contributed by atoms with E-state index in [0.717, 1.165) is 5.56 Å². The van der Waals surface area contributed by atoms with Gasteiger partial charge in [0, 0.05) is 11.3 Å². The number of nitrogen functional groups attached to an aromatic ring is 1. The Hall–Kier alpha value is -1.97. The van der Waals surface area contributed by atoms with Crippen LogP contribution in [0.5, 0.6) is 6.08 Å². The van der Waals surface area contributed by atoms with Crippen molar-refractivity contribution in [2.75, 3.05) is 12.8 Å².